The van der Waals surface area contributed by atoms with Crippen LogP contribution in [0, 0.1) is 0 Å². The Morgan fingerprint density at radius 1 is 1.41 bits per heavy atom. The summed E-state index contributed by atoms with van der Waals surface area (Å²) in [5.41, 5.74) is 2.06. The van der Waals surface area contributed by atoms with E-state index in [9.17, 15) is 4.21 Å². The minimum Gasteiger partial charge on any atom is -0.464 e. The molecule has 1 heterocycles. The molecule has 0 aliphatic rings. The first-order chi connectivity index (χ1) is 8.18. The predicted molar refractivity (Wildman–Crippen MR) is 71.4 cm³/mol. The predicted octanol–water partition coefficient (Wildman–Crippen LogP) is 2.29. The van der Waals surface area contributed by atoms with Gasteiger partial charge in [0.15, 0.2) is 0 Å². The van der Waals surface area contributed by atoms with E-state index in [0.717, 1.165) is 29.6 Å². The Bertz CT molecular complexity index is 521. The van der Waals surface area contributed by atoms with Gasteiger partial charge in [0, 0.05) is 46.3 Å². The van der Waals surface area contributed by atoms with E-state index in [2.05, 4.69) is 11.4 Å². The van der Waals surface area contributed by atoms with Gasteiger partial charge < -0.3 is 9.73 Å². The van der Waals surface area contributed by atoms with Gasteiger partial charge in [-0.15, -0.1) is 0 Å². The number of para-hydroxylation sites is 1. The molecule has 0 spiro atoms. The lowest BCUT2D eigenvalue weighted by Crippen LogP contribution is -2.27. The van der Waals surface area contributed by atoms with Crippen LogP contribution in [0.2, 0.25) is 0 Å². The molecule has 0 fully saturated rings. The summed E-state index contributed by atoms with van der Waals surface area (Å²) in [6, 6.07) is 7.98. The number of nitrogens with one attached hydrogen (secondary N) is 1. The number of rotatable bonds is 5. The summed E-state index contributed by atoms with van der Waals surface area (Å²) in [7, 11) is -0.772. The van der Waals surface area contributed by atoms with Crippen LogP contribution in [0.1, 0.15) is 12.5 Å². The summed E-state index contributed by atoms with van der Waals surface area (Å²) in [5.74, 6) is 0. The minimum absolute atomic E-state index is 0.174. The Kier molecular flexibility index (Phi) is 3.97. The second-order valence-corrected chi connectivity index (χ2v) is 6.00. The molecule has 0 saturated heterocycles. The second kappa shape index (κ2) is 5.47. The number of hydrogen-bond donors (Lipinski definition) is 1. The molecule has 92 valence electrons. The zero-order valence-corrected chi connectivity index (χ0v) is 10.9. The zero-order chi connectivity index (χ0) is 12.3. The van der Waals surface area contributed by atoms with Crippen molar-refractivity contribution in [2.75, 3.05) is 12.8 Å². The fourth-order valence-electron chi connectivity index (χ4n) is 1.70. The van der Waals surface area contributed by atoms with Crippen molar-refractivity contribution in [3.05, 3.63) is 36.1 Å². The topological polar surface area (TPSA) is 42.2 Å². The third-order valence-corrected chi connectivity index (χ3v) is 4.17. The van der Waals surface area contributed by atoms with E-state index >= 15 is 0 Å². The summed E-state index contributed by atoms with van der Waals surface area (Å²) in [4.78, 5) is 0. The molecule has 1 aromatic carbocycles. The molecule has 0 bridgehead atoms. The van der Waals surface area contributed by atoms with Crippen molar-refractivity contribution in [3.8, 4) is 0 Å². The molecule has 17 heavy (non-hydrogen) atoms. The largest absolute Gasteiger partial charge is 0.464 e. The highest BCUT2D eigenvalue weighted by molar-refractivity contribution is 7.84. The van der Waals surface area contributed by atoms with Crippen LogP contribution in [-0.2, 0) is 17.3 Å². The second-order valence-electron chi connectivity index (χ2n) is 4.20. The summed E-state index contributed by atoms with van der Waals surface area (Å²) >= 11 is 0. The van der Waals surface area contributed by atoms with Crippen molar-refractivity contribution in [2.45, 2.75) is 18.7 Å². The van der Waals surface area contributed by atoms with Crippen LogP contribution in [0.15, 0.2) is 34.9 Å². The molecular weight excluding hydrogens is 234 g/mol. The summed E-state index contributed by atoms with van der Waals surface area (Å²) < 4.78 is 16.7. The van der Waals surface area contributed by atoms with Crippen molar-refractivity contribution in [2.24, 2.45) is 0 Å². The zero-order valence-electron chi connectivity index (χ0n) is 10.1. The molecule has 2 rings (SSSR count). The van der Waals surface area contributed by atoms with E-state index in [-0.39, 0.29) is 5.25 Å². The smallest absolute Gasteiger partial charge is 0.134 e. The van der Waals surface area contributed by atoms with Crippen LogP contribution in [0.3, 0.4) is 0 Å². The molecule has 2 unspecified atom stereocenters. The van der Waals surface area contributed by atoms with E-state index in [1.807, 2.05) is 25.1 Å². The molecule has 0 aliphatic carbocycles. The quantitative estimate of drug-likeness (QED) is 0.886. The Balaban J connectivity index is 1.98. The van der Waals surface area contributed by atoms with Gasteiger partial charge in [0.1, 0.15) is 5.58 Å². The molecule has 2 atom stereocenters. The van der Waals surface area contributed by atoms with Crippen LogP contribution in [0.25, 0.3) is 11.0 Å². The number of fused-ring (bicyclic) bond motifs is 1. The maximum Gasteiger partial charge on any atom is 0.134 e. The van der Waals surface area contributed by atoms with E-state index in [4.69, 9.17) is 4.42 Å². The average molecular weight is 251 g/mol. The fraction of sp³-hybridized carbons (Fsp3) is 0.385. The SMILES string of the molecule is CC(CNCc1coc2ccccc12)S(C)=O. The highest BCUT2D eigenvalue weighted by Gasteiger charge is 2.07. The molecule has 1 N–H and O–H groups in total. The van der Waals surface area contributed by atoms with Crippen molar-refractivity contribution < 1.29 is 8.63 Å². The standard InChI is InChI=1S/C13H17NO2S/c1-10(17(2)15)7-14-8-11-9-16-13-6-4-3-5-12(11)13/h3-6,9-10,14H,7-8H2,1-2H3. The van der Waals surface area contributed by atoms with Crippen LogP contribution in [0.4, 0.5) is 0 Å². The molecule has 3 nitrogen and oxygen atoms in total. The third-order valence-electron chi connectivity index (χ3n) is 2.88. The lowest BCUT2D eigenvalue weighted by molar-refractivity contribution is 0.600. The Labute approximate surface area is 104 Å². The molecule has 0 aliphatic heterocycles. The summed E-state index contributed by atoms with van der Waals surface area (Å²) in [6.07, 6.45) is 3.52. The molecule has 2 aromatic rings. The Morgan fingerprint density at radius 3 is 2.94 bits per heavy atom. The number of furan rings is 1. The van der Waals surface area contributed by atoms with Gasteiger partial charge in [-0.3, -0.25) is 4.21 Å². The third kappa shape index (κ3) is 2.96. The van der Waals surface area contributed by atoms with Crippen molar-refractivity contribution in [1.29, 1.82) is 0 Å². The summed E-state index contributed by atoms with van der Waals surface area (Å²) in [6.45, 7) is 3.48. The van der Waals surface area contributed by atoms with Gasteiger partial charge >= 0.3 is 0 Å². The van der Waals surface area contributed by atoms with Gasteiger partial charge in [-0.1, -0.05) is 18.2 Å². The molecule has 0 amide bonds. The van der Waals surface area contributed by atoms with Gasteiger partial charge in [-0.2, -0.15) is 0 Å². The average Bonchev–Trinajstić information content (AvgIpc) is 2.72. The number of hydrogen-bond acceptors (Lipinski definition) is 3. The minimum atomic E-state index is -0.772. The molecule has 0 radical (unpaired) electrons. The first-order valence-corrected chi connectivity index (χ1v) is 7.28. The van der Waals surface area contributed by atoms with Crippen LogP contribution in [-0.4, -0.2) is 22.3 Å². The highest BCUT2D eigenvalue weighted by atomic mass is 32.2. The van der Waals surface area contributed by atoms with Gasteiger partial charge in [0.2, 0.25) is 0 Å². The fourth-order valence-corrected chi connectivity index (χ4v) is 2.05. The van der Waals surface area contributed by atoms with Crippen molar-refractivity contribution in [1.82, 2.24) is 5.32 Å². The van der Waals surface area contributed by atoms with E-state index in [0.29, 0.717) is 0 Å². The number of benzene rings is 1. The van der Waals surface area contributed by atoms with Crippen LogP contribution in [0.5, 0.6) is 0 Å². The maximum atomic E-state index is 11.2. The van der Waals surface area contributed by atoms with Crippen molar-refractivity contribution in [3.63, 3.8) is 0 Å². The molecule has 1 aromatic heterocycles. The highest BCUT2D eigenvalue weighted by Crippen LogP contribution is 2.20. The first kappa shape index (κ1) is 12.3. The van der Waals surface area contributed by atoms with E-state index in [1.165, 1.54) is 0 Å². The lowest BCUT2D eigenvalue weighted by atomic mass is 10.2. The van der Waals surface area contributed by atoms with Crippen LogP contribution < -0.4 is 5.32 Å². The molecular formula is C13H17NO2S. The lowest BCUT2D eigenvalue weighted by Gasteiger charge is -2.08. The molecule has 0 saturated carbocycles. The monoisotopic (exact) mass is 251 g/mol. The van der Waals surface area contributed by atoms with Crippen molar-refractivity contribution >= 4 is 21.8 Å². The Morgan fingerprint density at radius 2 is 2.18 bits per heavy atom. The van der Waals surface area contributed by atoms with Crippen LogP contribution >= 0.6 is 0 Å². The van der Waals surface area contributed by atoms with Gasteiger partial charge in [-0.05, 0) is 13.0 Å². The van der Waals surface area contributed by atoms with Gasteiger partial charge in [0.05, 0.1) is 6.26 Å². The molecule has 4 heteroatoms. The van der Waals surface area contributed by atoms with Gasteiger partial charge in [-0.25, -0.2) is 0 Å². The van der Waals surface area contributed by atoms with Gasteiger partial charge in [0.25, 0.3) is 0 Å². The maximum absolute atomic E-state index is 11.2. The van der Waals surface area contributed by atoms with E-state index < -0.39 is 10.8 Å². The first-order valence-electron chi connectivity index (χ1n) is 5.66. The van der Waals surface area contributed by atoms with E-state index in [1.54, 1.807) is 12.5 Å². The summed E-state index contributed by atoms with van der Waals surface area (Å²) in [5, 5.41) is 4.63. The Hall–Kier alpha value is -1.13. The normalized spacial score (nSPS) is 14.9.